The number of hydrogen-bond acceptors (Lipinski definition) is 2. The average Bonchev–Trinajstić information content (AvgIpc) is 3.02. The number of thiophene rings is 1. The third kappa shape index (κ3) is 1.58. The molecule has 1 aliphatic rings. The maximum absolute atomic E-state index is 3.54. The van der Waals surface area contributed by atoms with E-state index < -0.39 is 0 Å². The number of fused-ring (bicyclic) bond motifs is 5. The predicted octanol–water partition coefficient (Wildman–Crippen LogP) is 3.91. The van der Waals surface area contributed by atoms with Gasteiger partial charge in [-0.1, -0.05) is 6.92 Å². The fourth-order valence-electron chi connectivity index (χ4n) is 3.40. The molecule has 0 saturated heterocycles. The van der Waals surface area contributed by atoms with E-state index in [1.54, 1.807) is 11.3 Å². The summed E-state index contributed by atoms with van der Waals surface area (Å²) in [4.78, 5) is 0. The van der Waals surface area contributed by atoms with E-state index in [0.29, 0.717) is 0 Å². The summed E-state index contributed by atoms with van der Waals surface area (Å²) in [5, 5.41) is 8.68. The molecule has 1 N–H and O–H groups in total. The van der Waals surface area contributed by atoms with Crippen molar-refractivity contribution in [3.63, 3.8) is 0 Å². The molecule has 0 unspecified atom stereocenters. The fraction of sp³-hybridized carbons (Fsp3) is 0.375. The van der Waals surface area contributed by atoms with Gasteiger partial charge in [0.25, 0.3) is 0 Å². The molecule has 0 aliphatic carbocycles. The Morgan fingerprint density at radius 3 is 3.16 bits per heavy atom. The average molecular weight is 270 g/mol. The van der Waals surface area contributed by atoms with Crippen molar-refractivity contribution < 1.29 is 0 Å². The molecule has 2 aromatic heterocycles. The van der Waals surface area contributed by atoms with Crippen molar-refractivity contribution in [1.29, 1.82) is 0 Å². The molecule has 0 saturated carbocycles. The van der Waals surface area contributed by atoms with E-state index in [4.69, 9.17) is 0 Å². The number of rotatable bonds is 2. The van der Waals surface area contributed by atoms with Crippen LogP contribution in [0.4, 0.5) is 0 Å². The topological polar surface area (TPSA) is 17.0 Å². The second kappa shape index (κ2) is 4.36. The molecule has 4 rings (SSSR count). The highest BCUT2D eigenvalue weighted by molar-refractivity contribution is 7.17. The van der Waals surface area contributed by atoms with Crippen molar-refractivity contribution in [2.24, 2.45) is 0 Å². The van der Waals surface area contributed by atoms with Gasteiger partial charge in [-0.2, -0.15) is 0 Å². The second-order valence-electron chi connectivity index (χ2n) is 5.30. The van der Waals surface area contributed by atoms with Crippen molar-refractivity contribution in [1.82, 2.24) is 9.88 Å². The van der Waals surface area contributed by atoms with Gasteiger partial charge < -0.3 is 9.88 Å². The maximum atomic E-state index is 3.54. The van der Waals surface area contributed by atoms with E-state index in [2.05, 4.69) is 40.4 Å². The van der Waals surface area contributed by atoms with Gasteiger partial charge in [0.2, 0.25) is 0 Å². The third-order valence-corrected chi connectivity index (χ3v) is 5.05. The van der Waals surface area contributed by atoms with Crippen LogP contribution < -0.4 is 5.32 Å². The summed E-state index contributed by atoms with van der Waals surface area (Å²) >= 11 is 1.85. The SMILES string of the molecule is CCCn1c2c(c3c4ccsc4ccc31)CNCC2. The molecule has 0 bridgehead atoms. The molecule has 0 fully saturated rings. The number of benzene rings is 1. The van der Waals surface area contributed by atoms with Gasteiger partial charge in [-0.15, -0.1) is 11.3 Å². The van der Waals surface area contributed by atoms with E-state index in [9.17, 15) is 0 Å². The monoisotopic (exact) mass is 270 g/mol. The first-order valence-electron chi connectivity index (χ1n) is 7.11. The summed E-state index contributed by atoms with van der Waals surface area (Å²) in [6.45, 7) is 5.54. The number of hydrogen-bond donors (Lipinski definition) is 1. The van der Waals surface area contributed by atoms with Crippen molar-refractivity contribution in [3.8, 4) is 0 Å². The lowest BCUT2D eigenvalue weighted by Gasteiger charge is -2.16. The first kappa shape index (κ1) is 11.5. The highest BCUT2D eigenvalue weighted by atomic mass is 32.1. The quantitative estimate of drug-likeness (QED) is 0.747. The zero-order chi connectivity index (χ0) is 12.8. The standard InChI is InChI=1S/C16H18N2S/c1-2-8-18-13-5-7-17-10-12(13)16-11-6-9-19-15(11)4-3-14(16)18/h3-4,6,9,17H,2,5,7-8,10H2,1H3. The highest BCUT2D eigenvalue weighted by Crippen LogP contribution is 2.36. The molecular formula is C16H18N2S. The zero-order valence-corrected chi connectivity index (χ0v) is 12.0. The molecule has 19 heavy (non-hydrogen) atoms. The van der Waals surface area contributed by atoms with Crippen LogP contribution in [0.1, 0.15) is 24.6 Å². The third-order valence-electron chi connectivity index (χ3n) is 4.17. The van der Waals surface area contributed by atoms with Crippen LogP contribution in [0.3, 0.4) is 0 Å². The first-order valence-corrected chi connectivity index (χ1v) is 7.99. The van der Waals surface area contributed by atoms with E-state index in [1.807, 2.05) is 11.3 Å². The van der Waals surface area contributed by atoms with Crippen LogP contribution in [-0.4, -0.2) is 11.1 Å². The minimum atomic E-state index is 1.03. The van der Waals surface area contributed by atoms with Gasteiger partial charge >= 0.3 is 0 Å². The van der Waals surface area contributed by atoms with Crippen molar-refractivity contribution in [2.45, 2.75) is 32.9 Å². The largest absolute Gasteiger partial charge is 0.344 e. The van der Waals surface area contributed by atoms with Crippen molar-refractivity contribution >= 4 is 32.3 Å². The second-order valence-corrected chi connectivity index (χ2v) is 6.24. The number of nitrogens with one attached hydrogen (secondary N) is 1. The zero-order valence-electron chi connectivity index (χ0n) is 11.2. The summed E-state index contributed by atoms with van der Waals surface area (Å²) in [6.07, 6.45) is 2.36. The van der Waals surface area contributed by atoms with E-state index in [0.717, 1.165) is 26.1 Å². The van der Waals surface area contributed by atoms with Crippen LogP contribution in [0.2, 0.25) is 0 Å². The van der Waals surface area contributed by atoms with Gasteiger partial charge in [-0.3, -0.25) is 0 Å². The van der Waals surface area contributed by atoms with E-state index in [1.165, 1.54) is 27.4 Å². The first-order chi connectivity index (χ1) is 9.40. The molecular weight excluding hydrogens is 252 g/mol. The van der Waals surface area contributed by atoms with Crippen molar-refractivity contribution in [2.75, 3.05) is 6.54 Å². The Balaban J connectivity index is 2.14. The van der Waals surface area contributed by atoms with Crippen LogP contribution in [0.25, 0.3) is 21.0 Å². The summed E-state index contributed by atoms with van der Waals surface area (Å²) in [5.41, 5.74) is 4.54. The summed E-state index contributed by atoms with van der Waals surface area (Å²) in [6, 6.07) is 6.89. The van der Waals surface area contributed by atoms with Gasteiger partial charge in [-0.25, -0.2) is 0 Å². The predicted molar refractivity (Wildman–Crippen MR) is 83.0 cm³/mol. The Bertz CT molecular complexity index is 751. The molecule has 0 spiro atoms. The van der Waals surface area contributed by atoms with Crippen molar-refractivity contribution in [3.05, 3.63) is 34.8 Å². The lowest BCUT2D eigenvalue weighted by Crippen LogP contribution is -2.24. The molecule has 0 amide bonds. The van der Waals surface area contributed by atoms with Gasteiger partial charge in [-0.05, 0) is 35.6 Å². The molecule has 1 aromatic carbocycles. The van der Waals surface area contributed by atoms with E-state index >= 15 is 0 Å². The minimum Gasteiger partial charge on any atom is -0.344 e. The van der Waals surface area contributed by atoms with Gasteiger partial charge in [0.05, 0.1) is 0 Å². The molecule has 2 nitrogen and oxygen atoms in total. The molecule has 1 aliphatic heterocycles. The highest BCUT2D eigenvalue weighted by Gasteiger charge is 2.20. The number of aryl methyl sites for hydroxylation is 1. The molecule has 0 atom stereocenters. The normalized spacial score (nSPS) is 15.2. The minimum absolute atomic E-state index is 1.03. The van der Waals surface area contributed by atoms with Gasteiger partial charge in [0.1, 0.15) is 0 Å². The number of nitrogens with zero attached hydrogens (tertiary/aromatic N) is 1. The lowest BCUT2D eigenvalue weighted by atomic mass is 10.0. The molecule has 3 aromatic rings. The summed E-state index contributed by atoms with van der Waals surface area (Å²) < 4.78 is 3.97. The Morgan fingerprint density at radius 1 is 1.32 bits per heavy atom. The Labute approximate surface area is 117 Å². The summed E-state index contributed by atoms with van der Waals surface area (Å²) in [7, 11) is 0. The smallest absolute Gasteiger partial charge is 0.0493 e. The van der Waals surface area contributed by atoms with Gasteiger partial charge in [0, 0.05) is 52.7 Å². The Kier molecular flexibility index (Phi) is 2.64. The maximum Gasteiger partial charge on any atom is 0.0493 e. The number of aromatic nitrogens is 1. The van der Waals surface area contributed by atoms with Gasteiger partial charge in [0.15, 0.2) is 0 Å². The van der Waals surface area contributed by atoms with Crippen LogP contribution in [-0.2, 0) is 19.5 Å². The fourth-order valence-corrected chi connectivity index (χ4v) is 4.20. The Morgan fingerprint density at radius 2 is 2.26 bits per heavy atom. The Hall–Kier alpha value is -1.32. The van der Waals surface area contributed by atoms with Crippen LogP contribution >= 0.6 is 11.3 Å². The van der Waals surface area contributed by atoms with Crippen LogP contribution in [0.5, 0.6) is 0 Å². The molecule has 98 valence electrons. The molecule has 3 heteroatoms. The molecule has 0 radical (unpaired) electrons. The molecule has 3 heterocycles. The van der Waals surface area contributed by atoms with Crippen LogP contribution in [0.15, 0.2) is 23.6 Å². The van der Waals surface area contributed by atoms with E-state index in [-0.39, 0.29) is 0 Å². The lowest BCUT2D eigenvalue weighted by molar-refractivity contribution is 0.590. The van der Waals surface area contributed by atoms with Crippen LogP contribution in [0, 0.1) is 0 Å². The summed E-state index contributed by atoms with van der Waals surface area (Å²) in [5.74, 6) is 0.